The van der Waals surface area contributed by atoms with Gasteiger partial charge in [-0.25, -0.2) is 13.1 Å². The largest absolute Gasteiger partial charge is 0.466 e. The van der Waals surface area contributed by atoms with Gasteiger partial charge in [-0.15, -0.1) is 0 Å². The lowest BCUT2D eigenvalue weighted by Gasteiger charge is -2.26. The number of benzene rings is 1. The minimum atomic E-state index is -3.71. The summed E-state index contributed by atoms with van der Waals surface area (Å²) in [6.07, 6.45) is 3.22. The first-order valence-corrected chi connectivity index (χ1v) is 9.56. The van der Waals surface area contributed by atoms with Crippen molar-refractivity contribution < 1.29 is 17.9 Å². The number of rotatable bonds is 6. The average Bonchev–Trinajstić information content (AvgIpc) is 3.23. The zero-order valence-electron chi connectivity index (χ0n) is 14.2. The number of hydrogen-bond donors (Lipinski definition) is 2. The maximum atomic E-state index is 12.7. The third-order valence-corrected chi connectivity index (χ3v) is 6.36. The molecule has 2 aromatic rings. The Labute approximate surface area is 142 Å². The number of aryl methyl sites for hydroxylation is 3. The number of hydrogen-bond acceptors (Lipinski definition) is 4. The Bertz CT molecular complexity index is 838. The second kappa shape index (κ2) is 6.02. The van der Waals surface area contributed by atoms with Crippen LogP contribution in [0.5, 0.6) is 0 Å². The summed E-state index contributed by atoms with van der Waals surface area (Å²) < 4.78 is 33.4. The molecule has 0 amide bonds. The fraction of sp³-hybridized carbons (Fsp3) is 0.444. The number of sulfonamides is 1. The van der Waals surface area contributed by atoms with Crippen LogP contribution in [0, 0.1) is 26.7 Å². The summed E-state index contributed by atoms with van der Waals surface area (Å²) >= 11 is 0. The van der Waals surface area contributed by atoms with Gasteiger partial charge in [0.15, 0.2) is 0 Å². The van der Waals surface area contributed by atoms with Crippen LogP contribution >= 0.6 is 0 Å². The van der Waals surface area contributed by atoms with E-state index in [4.69, 9.17) is 4.42 Å². The van der Waals surface area contributed by atoms with Crippen LogP contribution in [-0.4, -0.2) is 20.1 Å². The van der Waals surface area contributed by atoms with Gasteiger partial charge in [0, 0.05) is 6.54 Å². The van der Waals surface area contributed by atoms with Crippen molar-refractivity contribution in [2.75, 3.05) is 6.54 Å². The molecule has 1 heterocycles. The highest BCUT2D eigenvalue weighted by Gasteiger charge is 2.47. The molecule has 1 aliphatic rings. The Kier molecular flexibility index (Phi) is 4.32. The van der Waals surface area contributed by atoms with E-state index in [0.717, 1.165) is 24.0 Å². The van der Waals surface area contributed by atoms with Crippen molar-refractivity contribution in [2.45, 2.75) is 44.1 Å². The second-order valence-electron chi connectivity index (χ2n) is 6.70. The highest BCUT2D eigenvalue weighted by Crippen LogP contribution is 2.45. The Morgan fingerprint density at radius 2 is 1.88 bits per heavy atom. The molecule has 2 N–H and O–H groups in total. The predicted octanol–water partition coefficient (Wildman–Crippen LogP) is 2.78. The predicted molar refractivity (Wildman–Crippen MR) is 91.2 cm³/mol. The Hall–Kier alpha value is -1.63. The summed E-state index contributed by atoms with van der Waals surface area (Å²) in [6, 6.07) is 6.93. The molecule has 0 bridgehead atoms. The SMILES string of the molecule is Cc1cc(C)c(S(=O)(=O)NCC(O)(c2ccco2)C2CC2)cc1C. The van der Waals surface area contributed by atoms with Gasteiger partial charge in [-0.3, -0.25) is 0 Å². The average molecular weight is 349 g/mol. The van der Waals surface area contributed by atoms with Crippen molar-refractivity contribution in [1.82, 2.24) is 4.72 Å². The molecular weight excluding hydrogens is 326 g/mol. The molecule has 0 saturated heterocycles. The van der Waals surface area contributed by atoms with E-state index in [2.05, 4.69) is 4.72 Å². The van der Waals surface area contributed by atoms with Gasteiger partial charge >= 0.3 is 0 Å². The lowest BCUT2D eigenvalue weighted by atomic mass is 9.95. The van der Waals surface area contributed by atoms with Crippen molar-refractivity contribution >= 4 is 10.0 Å². The molecule has 1 aromatic carbocycles. The van der Waals surface area contributed by atoms with Gasteiger partial charge in [0.25, 0.3) is 0 Å². The maximum Gasteiger partial charge on any atom is 0.240 e. The minimum Gasteiger partial charge on any atom is -0.466 e. The van der Waals surface area contributed by atoms with Crippen LogP contribution in [-0.2, 0) is 15.6 Å². The van der Waals surface area contributed by atoms with E-state index in [-0.39, 0.29) is 17.4 Å². The van der Waals surface area contributed by atoms with Crippen LogP contribution < -0.4 is 4.72 Å². The van der Waals surface area contributed by atoms with Gasteiger partial charge in [0.1, 0.15) is 11.4 Å². The van der Waals surface area contributed by atoms with E-state index < -0.39 is 15.6 Å². The summed E-state index contributed by atoms with van der Waals surface area (Å²) in [5.74, 6) is 0.428. The van der Waals surface area contributed by atoms with Crippen LogP contribution in [0.4, 0.5) is 0 Å². The zero-order chi connectivity index (χ0) is 17.5. The van der Waals surface area contributed by atoms with Crippen molar-refractivity contribution in [1.29, 1.82) is 0 Å². The minimum absolute atomic E-state index is 0.0206. The van der Waals surface area contributed by atoms with Crippen LogP contribution in [0.25, 0.3) is 0 Å². The van der Waals surface area contributed by atoms with E-state index in [1.54, 1.807) is 25.1 Å². The fourth-order valence-corrected chi connectivity index (χ4v) is 4.41. The number of aliphatic hydroxyl groups is 1. The second-order valence-corrected chi connectivity index (χ2v) is 8.44. The molecule has 130 valence electrons. The summed E-state index contributed by atoms with van der Waals surface area (Å²) in [5.41, 5.74) is 1.36. The molecule has 1 atom stereocenters. The first-order chi connectivity index (χ1) is 11.2. The van der Waals surface area contributed by atoms with Crippen LogP contribution in [0.3, 0.4) is 0 Å². The van der Waals surface area contributed by atoms with Crippen molar-refractivity contribution in [3.8, 4) is 0 Å². The van der Waals surface area contributed by atoms with Gasteiger partial charge in [-0.05, 0) is 74.4 Å². The van der Waals surface area contributed by atoms with Gasteiger partial charge < -0.3 is 9.52 Å². The van der Waals surface area contributed by atoms with Crippen LogP contribution in [0.1, 0.15) is 35.3 Å². The molecular formula is C18H23NO4S. The first-order valence-electron chi connectivity index (χ1n) is 8.08. The third-order valence-electron chi connectivity index (χ3n) is 4.81. The maximum absolute atomic E-state index is 12.7. The lowest BCUT2D eigenvalue weighted by Crippen LogP contribution is -2.42. The van der Waals surface area contributed by atoms with Crippen molar-refractivity contribution in [3.63, 3.8) is 0 Å². The zero-order valence-corrected chi connectivity index (χ0v) is 15.0. The van der Waals surface area contributed by atoms with E-state index in [0.29, 0.717) is 11.3 Å². The van der Waals surface area contributed by atoms with Crippen molar-refractivity contribution in [2.24, 2.45) is 5.92 Å². The van der Waals surface area contributed by atoms with E-state index >= 15 is 0 Å². The van der Waals surface area contributed by atoms with Crippen molar-refractivity contribution in [3.05, 3.63) is 53.0 Å². The monoisotopic (exact) mass is 349 g/mol. The molecule has 1 aliphatic carbocycles. The molecule has 0 aliphatic heterocycles. The third kappa shape index (κ3) is 3.14. The summed E-state index contributed by atoms with van der Waals surface area (Å²) in [7, 11) is -3.71. The smallest absolute Gasteiger partial charge is 0.240 e. The summed E-state index contributed by atoms with van der Waals surface area (Å²) in [4.78, 5) is 0.253. The molecule has 1 saturated carbocycles. The molecule has 0 radical (unpaired) electrons. The fourth-order valence-electron chi connectivity index (χ4n) is 3.02. The van der Waals surface area contributed by atoms with E-state index in [9.17, 15) is 13.5 Å². The highest BCUT2D eigenvalue weighted by molar-refractivity contribution is 7.89. The van der Waals surface area contributed by atoms with Gasteiger partial charge in [-0.1, -0.05) is 6.07 Å². The van der Waals surface area contributed by atoms with Gasteiger partial charge in [-0.2, -0.15) is 0 Å². The molecule has 5 nitrogen and oxygen atoms in total. The van der Waals surface area contributed by atoms with Gasteiger partial charge in [0.2, 0.25) is 10.0 Å². The summed E-state index contributed by atoms with van der Waals surface area (Å²) in [5, 5.41) is 11.0. The van der Waals surface area contributed by atoms with E-state index in [1.165, 1.54) is 6.26 Å². The normalized spacial score (nSPS) is 17.7. The quantitative estimate of drug-likeness (QED) is 0.840. The van der Waals surface area contributed by atoms with E-state index in [1.807, 2.05) is 19.9 Å². The van der Waals surface area contributed by atoms with Crippen LogP contribution in [0.2, 0.25) is 0 Å². The standard InChI is InChI=1S/C18H23NO4S/c1-12-9-14(3)16(10-13(12)2)24(21,22)19-11-18(20,15-6-7-15)17-5-4-8-23-17/h4-5,8-10,15,19-20H,6-7,11H2,1-3H3. The highest BCUT2D eigenvalue weighted by atomic mass is 32.2. The first kappa shape index (κ1) is 17.2. The molecule has 0 spiro atoms. The molecule has 1 unspecified atom stereocenters. The molecule has 1 fully saturated rings. The molecule has 1 aromatic heterocycles. The Balaban J connectivity index is 1.86. The lowest BCUT2D eigenvalue weighted by molar-refractivity contribution is -0.00224. The topological polar surface area (TPSA) is 79.5 Å². The number of nitrogens with one attached hydrogen (secondary N) is 1. The molecule has 3 rings (SSSR count). The van der Waals surface area contributed by atoms with Crippen LogP contribution in [0.15, 0.2) is 39.8 Å². The Morgan fingerprint density at radius 3 is 2.46 bits per heavy atom. The number of furan rings is 1. The Morgan fingerprint density at radius 1 is 1.21 bits per heavy atom. The summed E-state index contributed by atoms with van der Waals surface area (Å²) in [6.45, 7) is 5.52. The van der Waals surface area contributed by atoms with Gasteiger partial charge in [0.05, 0.1) is 11.2 Å². The molecule has 6 heteroatoms. The molecule has 24 heavy (non-hydrogen) atoms.